The summed E-state index contributed by atoms with van der Waals surface area (Å²) in [6.07, 6.45) is -0.0653. The zero-order valence-electron chi connectivity index (χ0n) is 13.6. The van der Waals surface area contributed by atoms with Crippen LogP contribution in [-0.4, -0.2) is 18.0 Å². The molecule has 8 heteroatoms. The standard InChI is InChI=1S/C18H13F3N2O2S/c1-25-16-5-2-10(6-14(16)21)7-17(24)23-18-22-15(9-26-18)12-8-11(19)3-4-13(12)20/h2-6,8-9H,7H2,1H3,(H,22,23,24). The lowest BCUT2D eigenvalue weighted by molar-refractivity contribution is -0.115. The molecule has 0 bridgehead atoms. The lowest BCUT2D eigenvalue weighted by atomic mass is 10.1. The van der Waals surface area contributed by atoms with Crippen molar-refractivity contribution in [2.24, 2.45) is 0 Å². The summed E-state index contributed by atoms with van der Waals surface area (Å²) < 4.78 is 45.5. The Morgan fingerprint density at radius 1 is 1.15 bits per heavy atom. The van der Waals surface area contributed by atoms with E-state index in [1.165, 1.54) is 24.6 Å². The maximum absolute atomic E-state index is 13.8. The molecule has 0 saturated heterocycles. The summed E-state index contributed by atoms with van der Waals surface area (Å²) >= 11 is 1.08. The van der Waals surface area contributed by atoms with Gasteiger partial charge >= 0.3 is 0 Å². The van der Waals surface area contributed by atoms with Gasteiger partial charge in [0.05, 0.1) is 19.2 Å². The molecule has 0 radical (unpaired) electrons. The lowest BCUT2D eigenvalue weighted by Gasteiger charge is -2.05. The fourth-order valence-electron chi connectivity index (χ4n) is 2.32. The molecule has 1 aromatic heterocycles. The molecule has 2 aromatic carbocycles. The summed E-state index contributed by atoms with van der Waals surface area (Å²) in [5.74, 6) is -2.06. The Balaban J connectivity index is 1.70. The quantitative estimate of drug-likeness (QED) is 0.715. The smallest absolute Gasteiger partial charge is 0.230 e. The molecule has 3 rings (SSSR count). The van der Waals surface area contributed by atoms with Crippen molar-refractivity contribution in [2.45, 2.75) is 6.42 Å². The molecule has 1 amide bonds. The van der Waals surface area contributed by atoms with Gasteiger partial charge in [0.2, 0.25) is 5.91 Å². The van der Waals surface area contributed by atoms with Gasteiger partial charge in [-0.3, -0.25) is 4.79 Å². The number of rotatable bonds is 5. The average molecular weight is 378 g/mol. The number of carbonyl (C=O) groups excluding carboxylic acids is 1. The minimum Gasteiger partial charge on any atom is -0.494 e. The normalized spacial score (nSPS) is 10.6. The zero-order chi connectivity index (χ0) is 18.7. The third-order valence-electron chi connectivity index (χ3n) is 3.54. The zero-order valence-corrected chi connectivity index (χ0v) is 14.4. The molecule has 0 aliphatic heterocycles. The molecule has 1 heterocycles. The van der Waals surface area contributed by atoms with Crippen molar-refractivity contribution in [3.63, 3.8) is 0 Å². The fraction of sp³-hybridized carbons (Fsp3) is 0.111. The summed E-state index contributed by atoms with van der Waals surface area (Å²) in [6, 6.07) is 7.30. The molecule has 134 valence electrons. The van der Waals surface area contributed by atoms with E-state index in [0.717, 1.165) is 29.5 Å². The molecule has 0 aliphatic rings. The second kappa shape index (κ2) is 7.57. The number of amides is 1. The van der Waals surface area contributed by atoms with E-state index in [0.29, 0.717) is 5.56 Å². The van der Waals surface area contributed by atoms with Crippen LogP contribution in [0.15, 0.2) is 41.8 Å². The number of halogens is 3. The van der Waals surface area contributed by atoms with Crippen molar-refractivity contribution in [3.8, 4) is 17.0 Å². The van der Waals surface area contributed by atoms with Crippen LogP contribution in [0.4, 0.5) is 18.3 Å². The van der Waals surface area contributed by atoms with Gasteiger partial charge in [0.1, 0.15) is 11.6 Å². The molecule has 1 N–H and O–H groups in total. The van der Waals surface area contributed by atoms with Gasteiger partial charge in [0.25, 0.3) is 0 Å². The number of nitrogens with zero attached hydrogens (tertiary/aromatic N) is 1. The van der Waals surface area contributed by atoms with E-state index in [1.54, 1.807) is 6.07 Å². The maximum atomic E-state index is 13.8. The van der Waals surface area contributed by atoms with Gasteiger partial charge in [-0.2, -0.15) is 0 Å². The van der Waals surface area contributed by atoms with Gasteiger partial charge in [-0.1, -0.05) is 6.07 Å². The van der Waals surface area contributed by atoms with Crippen LogP contribution in [0.2, 0.25) is 0 Å². The second-order valence-corrected chi connectivity index (χ2v) is 6.21. The van der Waals surface area contributed by atoms with Gasteiger partial charge in [-0.15, -0.1) is 11.3 Å². The second-order valence-electron chi connectivity index (χ2n) is 5.36. The number of methoxy groups -OCH3 is 1. The first-order valence-corrected chi connectivity index (χ1v) is 8.37. The number of thiazole rings is 1. The maximum Gasteiger partial charge on any atom is 0.230 e. The topological polar surface area (TPSA) is 51.2 Å². The Hall–Kier alpha value is -2.87. The van der Waals surface area contributed by atoms with Crippen LogP contribution in [0.3, 0.4) is 0 Å². The molecule has 0 aliphatic carbocycles. The Labute approximate surface area is 151 Å². The van der Waals surface area contributed by atoms with E-state index in [2.05, 4.69) is 10.3 Å². The molecule has 0 spiro atoms. The predicted octanol–water partition coefficient (Wildman–Crippen LogP) is 4.42. The van der Waals surface area contributed by atoms with Crippen LogP contribution >= 0.6 is 11.3 Å². The highest BCUT2D eigenvalue weighted by molar-refractivity contribution is 7.14. The molecular weight excluding hydrogens is 365 g/mol. The number of anilines is 1. The van der Waals surface area contributed by atoms with Gasteiger partial charge < -0.3 is 10.1 Å². The molecule has 3 aromatic rings. The molecule has 26 heavy (non-hydrogen) atoms. The Kier molecular flexibility index (Phi) is 5.22. The summed E-state index contributed by atoms with van der Waals surface area (Å²) in [5, 5.41) is 4.31. The fourth-order valence-corrected chi connectivity index (χ4v) is 3.04. The predicted molar refractivity (Wildman–Crippen MR) is 92.8 cm³/mol. The van der Waals surface area contributed by atoms with E-state index in [9.17, 15) is 18.0 Å². The molecule has 4 nitrogen and oxygen atoms in total. The minimum absolute atomic E-state index is 0.0129. The minimum atomic E-state index is -0.608. The lowest BCUT2D eigenvalue weighted by Crippen LogP contribution is -2.14. The van der Waals surface area contributed by atoms with E-state index < -0.39 is 23.4 Å². The molecule has 0 atom stereocenters. The van der Waals surface area contributed by atoms with Crippen molar-refractivity contribution in [1.82, 2.24) is 4.98 Å². The molecule has 0 unspecified atom stereocenters. The van der Waals surface area contributed by atoms with E-state index in [1.807, 2.05) is 0 Å². The van der Waals surface area contributed by atoms with Crippen LogP contribution in [0.25, 0.3) is 11.3 Å². The summed E-state index contributed by atoms with van der Waals surface area (Å²) in [7, 11) is 1.35. The molecule has 0 saturated carbocycles. The first-order valence-electron chi connectivity index (χ1n) is 7.49. The number of aromatic nitrogens is 1. The Morgan fingerprint density at radius 2 is 1.96 bits per heavy atom. The summed E-state index contributed by atoms with van der Waals surface area (Å²) in [4.78, 5) is 16.2. The number of hydrogen-bond donors (Lipinski definition) is 1. The average Bonchev–Trinajstić information content (AvgIpc) is 3.05. The highest BCUT2D eigenvalue weighted by Crippen LogP contribution is 2.27. The van der Waals surface area contributed by atoms with Crippen LogP contribution < -0.4 is 10.1 Å². The van der Waals surface area contributed by atoms with E-state index >= 15 is 0 Å². The Bertz CT molecular complexity index is 959. The van der Waals surface area contributed by atoms with Crippen LogP contribution in [-0.2, 0) is 11.2 Å². The van der Waals surface area contributed by atoms with Crippen molar-refractivity contribution >= 4 is 22.4 Å². The van der Waals surface area contributed by atoms with E-state index in [4.69, 9.17) is 4.74 Å². The van der Waals surface area contributed by atoms with Crippen molar-refractivity contribution in [3.05, 3.63) is 64.8 Å². The largest absolute Gasteiger partial charge is 0.494 e. The number of nitrogens with one attached hydrogen (secondary N) is 1. The Morgan fingerprint density at radius 3 is 2.69 bits per heavy atom. The van der Waals surface area contributed by atoms with E-state index in [-0.39, 0.29) is 28.6 Å². The van der Waals surface area contributed by atoms with Crippen LogP contribution in [0.1, 0.15) is 5.56 Å². The third-order valence-corrected chi connectivity index (χ3v) is 4.29. The van der Waals surface area contributed by atoms with Crippen molar-refractivity contribution in [1.29, 1.82) is 0 Å². The van der Waals surface area contributed by atoms with Gasteiger partial charge in [0.15, 0.2) is 16.7 Å². The van der Waals surface area contributed by atoms with Gasteiger partial charge in [0, 0.05) is 10.9 Å². The third kappa shape index (κ3) is 4.02. The van der Waals surface area contributed by atoms with Crippen molar-refractivity contribution in [2.75, 3.05) is 12.4 Å². The van der Waals surface area contributed by atoms with Gasteiger partial charge in [-0.05, 0) is 35.9 Å². The molecular formula is C18H13F3N2O2S. The monoisotopic (exact) mass is 378 g/mol. The number of hydrogen-bond acceptors (Lipinski definition) is 4. The number of benzene rings is 2. The first-order chi connectivity index (χ1) is 12.5. The van der Waals surface area contributed by atoms with Crippen LogP contribution in [0.5, 0.6) is 5.75 Å². The first kappa shape index (κ1) is 17.9. The van der Waals surface area contributed by atoms with Gasteiger partial charge in [-0.25, -0.2) is 18.2 Å². The SMILES string of the molecule is COc1ccc(CC(=O)Nc2nc(-c3cc(F)ccc3F)cs2)cc1F. The molecule has 0 fully saturated rings. The summed E-state index contributed by atoms with van der Waals surface area (Å²) in [6.45, 7) is 0. The number of carbonyl (C=O) groups is 1. The van der Waals surface area contributed by atoms with Crippen molar-refractivity contribution < 1.29 is 22.7 Å². The number of ether oxygens (including phenoxy) is 1. The highest BCUT2D eigenvalue weighted by atomic mass is 32.1. The highest BCUT2D eigenvalue weighted by Gasteiger charge is 2.13. The summed E-state index contributed by atoms with van der Waals surface area (Å²) in [5.41, 5.74) is 0.700. The van der Waals surface area contributed by atoms with Crippen LogP contribution in [0, 0.1) is 17.5 Å².